The van der Waals surface area contributed by atoms with Crippen LogP contribution in [0.2, 0.25) is 0 Å². The van der Waals surface area contributed by atoms with E-state index in [0.29, 0.717) is 23.9 Å². The molecule has 0 aromatic carbocycles. The van der Waals surface area contributed by atoms with E-state index in [-0.39, 0.29) is 0 Å². The number of hydrazine groups is 3. The molecule has 0 saturated carbocycles. The smallest absolute Gasteiger partial charge is 0.203 e. The first-order valence-corrected chi connectivity index (χ1v) is 5.45. The van der Waals surface area contributed by atoms with E-state index in [4.69, 9.17) is 0 Å². The number of aromatic nitrogens is 2. The normalized spacial score (nSPS) is 16.4. The third kappa shape index (κ3) is 2.35. The molecule has 1 aliphatic rings. The Bertz CT molecular complexity index is 445. The number of nitrogens with one attached hydrogen (secondary N) is 1. The van der Waals surface area contributed by atoms with Crippen LogP contribution in [0, 0.1) is 10.1 Å². The fraction of sp³-hybridized carbons (Fsp3) is 0.444. The first-order chi connectivity index (χ1) is 8.61. The summed E-state index contributed by atoms with van der Waals surface area (Å²) < 4.78 is 1.76. The van der Waals surface area contributed by atoms with E-state index in [1.807, 2.05) is 0 Å². The van der Waals surface area contributed by atoms with Gasteiger partial charge in [0.05, 0.1) is 30.0 Å². The van der Waals surface area contributed by atoms with Crippen LogP contribution in [-0.2, 0) is 6.54 Å². The van der Waals surface area contributed by atoms with Gasteiger partial charge in [-0.3, -0.25) is 0 Å². The quantitative estimate of drug-likeness (QED) is 0.548. The number of rotatable bonds is 5. The molecule has 1 aliphatic heterocycles. The third-order valence-corrected chi connectivity index (χ3v) is 2.49. The van der Waals surface area contributed by atoms with Crippen molar-refractivity contribution < 1.29 is 10.1 Å². The van der Waals surface area contributed by atoms with Gasteiger partial charge in [-0.1, -0.05) is 6.92 Å². The van der Waals surface area contributed by atoms with Gasteiger partial charge in [0.15, 0.2) is 6.23 Å². The summed E-state index contributed by atoms with van der Waals surface area (Å²) in [4.78, 5) is 14.7. The molecule has 1 aromatic rings. The Balaban J connectivity index is 2.11. The van der Waals surface area contributed by atoms with Gasteiger partial charge in [-0.25, -0.2) is 20.5 Å². The maximum absolute atomic E-state index is 10.8. The number of imidazole rings is 1. The van der Waals surface area contributed by atoms with Crippen LogP contribution in [0.15, 0.2) is 30.6 Å². The molecule has 1 atom stereocenters. The van der Waals surface area contributed by atoms with E-state index in [0.717, 1.165) is 5.01 Å². The second-order valence-corrected chi connectivity index (χ2v) is 3.80. The lowest BCUT2D eigenvalue weighted by molar-refractivity contribution is -0.710. The number of nitro groups is 1. The summed E-state index contributed by atoms with van der Waals surface area (Å²) in [5.41, 5.74) is 3.20. The Kier molecular flexibility index (Phi) is 3.33. The van der Waals surface area contributed by atoms with Crippen molar-refractivity contribution in [1.82, 2.24) is 25.2 Å². The van der Waals surface area contributed by atoms with E-state index in [9.17, 15) is 15.2 Å². The molecule has 98 valence electrons. The summed E-state index contributed by atoms with van der Waals surface area (Å²) in [7, 11) is 0. The summed E-state index contributed by atoms with van der Waals surface area (Å²) in [5, 5.41) is 21.7. The number of hydrogen-bond donors (Lipinski definition) is 2. The van der Waals surface area contributed by atoms with Crippen molar-refractivity contribution in [2.45, 2.75) is 26.1 Å². The molecule has 0 amide bonds. The Labute approximate surface area is 103 Å². The van der Waals surface area contributed by atoms with Crippen LogP contribution in [0.4, 0.5) is 0 Å². The Morgan fingerprint density at radius 3 is 3.00 bits per heavy atom. The maximum Gasteiger partial charge on any atom is 0.203 e. The molecule has 2 rings (SSSR count). The van der Waals surface area contributed by atoms with Crippen LogP contribution in [-0.4, -0.2) is 36.2 Å². The van der Waals surface area contributed by atoms with E-state index < -0.39 is 11.3 Å². The van der Waals surface area contributed by atoms with Gasteiger partial charge in [-0.2, -0.15) is 5.01 Å². The van der Waals surface area contributed by atoms with Crippen molar-refractivity contribution in [1.29, 1.82) is 0 Å². The number of allylic oxidation sites excluding steroid dienone is 1. The second-order valence-electron chi connectivity index (χ2n) is 3.80. The van der Waals surface area contributed by atoms with Gasteiger partial charge >= 0.3 is 0 Å². The summed E-state index contributed by atoms with van der Waals surface area (Å²) in [6, 6.07) is 0. The predicted molar refractivity (Wildman–Crippen MR) is 60.4 cm³/mol. The predicted octanol–water partition coefficient (Wildman–Crippen LogP) is -0.318. The monoisotopic (exact) mass is 254 g/mol. The van der Waals surface area contributed by atoms with Crippen LogP contribution in [0.1, 0.15) is 13.3 Å². The minimum absolute atomic E-state index is 0.376. The SMILES string of the molecule is CCC(O)N1C=C(Cn2ccnc2)NN1[N+](=O)[O-]. The fourth-order valence-electron chi connectivity index (χ4n) is 1.61. The number of aliphatic hydroxyl groups excluding tert-OH is 1. The molecule has 0 bridgehead atoms. The number of nitrogens with zero attached hydrogens (tertiary/aromatic N) is 5. The second kappa shape index (κ2) is 4.92. The molecule has 18 heavy (non-hydrogen) atoms. The average Bonchev–Trinajstić information content (AvgIpc) is 2.97. The van der Waals surface area contributed by atoms with Crippen LogP contribution < -0.4 is 5.43 Å². The zero-order chi connectivity index (χ0) is 13.1. The van der Waals surface area contributed by atoms with Crippen molar-refractivity contribution in [3.05, 3.63) is 40.7 Å². The Hall–Kier alpha value is -2.29. The zero-order valence-electron chi connectivity index (χ0n) is 9.80. The molecular formula is C9H14N6O3. The van der Waals surface area contributed by atoms with Crippen molar-refractivity contribution in [2.75, 3.05) is 0 Å². The molecule has 1 unspecified atom stereocenters. The maximum atomic E-state index is 10.8. The Morgan fingerprint density at radius 2 is 2.44 bits per heavy atom. The molecule has 0 radical (unpaired) electrons. The summed E-state index contributed by atoms with van der Waals surface area (Å²) >= 11 is 0. The zero-order valence-corrected chi connectivity index (χ0v) is 9.80. The van der Waals surface area contributed by atoms with Crippen molar-refractivity contribution in [3.63, 3.8) is 0 Å². The number of aliphatic hydroxyl groups is 1. The lowest BCUT2D eigenvalue weighted by Crippen LogP contribution is -2.50. The molecule has 0 fully saturated rings. The number of hydrogen-bond acceptors (Lipinski definition) is 6. The van der Waals surface area contributed by atoms with Crippen molar-refractivity contribution >= 4 is 0 Å². The lowest BCUT2D eigenvalue weighted by atomic mass is 10.4. The van der Waals surface area contributed by atoms with E-state index in [1.165, 1.54) is 6.20 Å². The van der Waals surface area contributed by atoms with Crippen molar-refractivity contribution in [3.8, 4) is 0 Å². The topological polar surface area (TPSA) is 99.7 Å². The average molecular weight is 254 g/mol. The standard InChI is InChI=1S/C9H14N6O3/c1-2-9(16)13-6-8(11-14(13)15(17)18)5-12-4-3-10-7-12/h3-4,6-7,9,11,16H,2,5H2,1H3. The van der Waals surface area contributed by atoms with Gasteiger partial charge in [0, 0.05) is 12.4 Å². The van der Waals surface area contributed by atoms with Gasteiger partial charge in [0.25, 0.3) is 0 Å². The van der Waals surface area contributed by atoms with Gasteiger partial charge in [-0.15, -0.1) is 0 Å². The van der Waals surface area contributed by atoms with E-state index in [2.05, 4.69) is 10.4 Å². The van der Waals surface area contributed by atoms with Gasteiger partial charge < -0.3 is 9.67 Å². The molecule has 2 heterocycles. The van der Waals surface area contributed by atoms with Crippen LogP contribution in [0.25, 0.3) is 0 Å². The largest absolute Gasteiger partial charge is 0.372 e. The highest BCUT2D eigenvalue weighted by Crippen LogP contribution is 2.15. The van der Waals surface area contributed by atoms with Crippen LogP contribution in [0.5, 0.6) is 0 Å². The highest BCUT2D eigenvalue weighted by atomic mass is 16.7. The van der Waals surface area contributed by atoms with Crippen LogP contribution >= 0.6 is 0 Å². The molecular weight excluding hydrogens is 240 g/mol. The minimum atomic E-state index is -0.941. The first kappa shape index (κ1) is 12.2. The first-order valence-electron chi connectivity index (χ1n) is 5.45. The fourth-order valence-corrected chi connectivity index (χ4v) is 1.61. The molecule has 0 spiro atoms. The molecule has 0 saturated heterocycles. The Morgan fingerprint density at radius 1 is 1.67 bits per heavy atom. The molecule has 9 heteroatoms. The minimum Gasteiger partial charge on any atom is -0.372 e. The summed E-state index contributed by atoms with van der Waals surface area (Å²) in [6.45, 7) is 2.15. The van der Waals surface area contributed by atoms with Crippen LogP contribution in [0.3, 0.4) is 0 Å². The molecule has 1 aromatic heterocycles. The van der Waals surface area contributed by atoms with Gasteiger partial charge in [0.1, 0.15) is 0 Å². The molecule has 9 nitrogen and oxygen atoms in total. The highest BCUT2D eigenvalue weighted by molar-refractivity contribution is 5.02. The third-order valence-electron chi connectivity index (χ3n) is 2.49. The summed E-state index contributed by atoms with van der Waals surface area (Å²) in [5.74, 6) is 0. The molecule has 2 N–H and O–H groups in total. The van der Waals surface area contributed by atoms with E-state index in [1.54, 1.807) is 30.2 Å². The highest BCUT2D eigenvalue weighted by Gasteiger charge is 2.33. The lowest BCUT2D eigenvalue weighted by Gasteiger charge is -2.23. The molecule has 0 aliphatic carbocycles. The van der Waals surface area contributed by atoms with Gasteiger partial charge in [0.2, 0.25) is 5.03 Å². The van der Waals surface area contributed by atoms with Crippen molar-refractivity contribution in [2.24, 2.45) is 0 Å². The summed E-state index contributed by atoms with van der Waals surface area (Å²) in [6.07, 6.45) is 5.93. The van der Waals surface area contributed by atoms with Gasteiger partial charge in [-0.05, 0) is 6.42 Å². The van der Waals surface area contributed by atoms with E-state index >= 15 is 0 Å².